The van der Waals surface area contributed by atoms with Crippen molar-refractivity contribution >= 4 is 40.3 Å². The zero-order chi connectivity index (χ0) is 16.1. The summed E-state index contributed by atoms with van der Waals surface area (Å²) < 4.78 is 0. The molecule has 3 rings (SSSR count). The Kier molecular flexibility index (Phi) is 4.95. The molecule has 3 aromatic rings. The normalized spacial score (nSPS) is 11.0. The van der Waals surface area contributed by atoms with Gasteiger partial charge in [-0.3, -0.25) is 5.43 Å². The third-order valence-electron chi connectivity index (χ3n) is 3.23. The zero-order valence-corrected chi connectivity index (χ0v) is 14.2. The number of rotatable bonds is 5. The number of anilines is 2. The van der Waals surface area contributed by atoms with Gasteiger partial charge in [0.2, 0.25) is 5.13 Å². The van der Waals surface area contributed by atoms with Crippen LogP contribution < -0.4 is 11.2 Å². The van der Waals surface area contributed by atoms with Crippen LogP contribution in [0.5, 0.6) is 0 Å². The second kappa shape index (κ2) is 7.30. The third-order valence-corrected chi connectivity index (χ3v) is 4.74. The van der Waals surface area contributed by atoms with Gasteiger partial charge in [0, 0.05) is 10.3 Å². The van der Waals surface area contributed by atoms with Crippen molar-refractivity contribution in [3.63, 3.8) is 0 Å². The van der Waals surface area contributed by atoms with Gasteiger partial charge >= 0.3 is 0 Å². The van der Waals surface area contributed by atoms with Crippen molar-refractivity contribution < 1.29 is 0 Å². The molecular weight excluding hydrogens is 324 g/mol. The van der Waals surface area contributed by atoms with Crippen LogP contribution >= 0.6 is 23.1 Å². The van der Waals surface area contributed by atoms with Gasteiger partial charge < -0.3 is 5.73 Å². The molecule has 1 heterocycles. The van der Waals surface area contributed by atoms with E-state index in [0.717, 1.165) is 5.56 Å². The molecular formula is C17H16N4S2. The molecule has 0 unspecified atom stereocenters. The second-order valence-electron chi connectivity index (χ2n) is 4.80. The monoisotopic (exact) mass is 340 g/mol. The molecule has 2 aromatic carbocycles. The lowest BCUT2D eigenvalue weighted by atomic mass is 10.0. The van der Waals surface area contributed by atoms with E-state index in [9.17, 15) is 0 Å². The number of thiazole rings is 1. The van der Waals surface area contributed by atoms with Crippen LogP contribution in [0.2, 0.25) is 0 Å². The lowest BCUT2D eigenvalue weighted by molar-refractivity contribution is 1.29. The van der Waals surface area contributed by atoms with E-state index in [2.05, 4.69) is 58.2 Å². The Morgan fingerprint density at radius 1 is 1.09 bits per heavy atom. The van der Waals surface area contributed by atoms with Crippen LogP contribution in [0.4, 0.5) is 10.9 Å². The molecule has 0 fully saturated rings. The van der Waals surface area contributed by atoms with Gasteiger partial charge in [-0.05, 0) is 35.1 Å². The molecule has 6 heteroatoms. The van der Waals surface area contributed by atoms with Gasteiger partial charge in [-0.2, -0.15) is 5.10 Å². The molecule has 3 N–H and O–H groups in total. The van der Waals surface area contributed by atoms with Crippen LogP contribution in [0.3, 0.4) is 0 Å². The van der Waals surface area contributed by atoms with Gasteiger partial charge in [-0.25, -0.2) is 4.98 Å². The molecule has 0 aliphatic rings. The Bertz CT molecular complexity index is 792. The van der Waals surface area contributed by atoms with Crippen molar-refractivity contribution in [1.82, 2.24) is 4.98 Å². The van der Waals surface area contributed by atoms with Gasteiger partial charge in [0.05, 0.1) is 6.21 Å². The molecule has 0 saturated carbocycles. The van der Waals surface area contributed by atoms with Gasteiger partial charge in [-0.15, -0.1) is 23.1 Å². The molecule has 0 saturated heterocycles. The van der Waals surface area contributed by atoms with Crippen LogP contribution in [0.1, 0.15) is 5.56 Å². The molecule has 0 bridgehead atoms. The van der Waals surface area contributed by atoms with E-state index in [4.69, 9.17) is 5.73 Å². The molecule has 0 aliphatic heterocycles. The van der Waals surface area contributed by atoms with E-state index in [1.54, 1.807) is 23.4 Å². The topological polar surface area (TPSA) is 63.3 Å². The van der Waals surface area contributed by atoms with Crippen LogP contribution in [-0.2, 0) is 0 Å². The predicted octanol–water partition coefficient (Wildman–Crippen LogP) is 4.56. The van der Waals surface area contributed by atoms with E-state index in [-0.39, 0.29) is 0 Å². The van der Waals surface area contributed by atoms with Crippen molar-refractivity contribution in [2.45, 2.75) is 4.90 Å². The summed E-state index contributed by atoms with van der Waals surface area (Å²) in [6, 6.07) is 16.8. The Morgan fingerprint density at radius 2 is 1.74 bits per heavy atom. The van der Waals surface area contributed by atoms with Crippen molar-refractivity contribution in [3.8, 4) is 11.1 Å². The molecule has 0 amide bonds. The minimum Gasteiger partial charge on any atom is -0.383 e. The quantitative estimate of drug-likeness (QED) is 0.406. The van der Waals surface area contributed by atoms with E-state index >= 15 is 0 Å². The highest BCUT2D eigenvalue weighted by molar-refractivity contribution is 7.98. The van der Waals surface area contributed by atoms with Crippen LogP contribution in [0, 0.1) is 0 Å². The number of nitrogens with two attached hydrogens (primary N) is 1. The summed E-state index contributed by atoms with van der Waals surface area (Å²) in [4.78, 5) is 5.35. The van der Waals surface area contributed by atoms with Crippen LogP contribution in [0.25, 0.3) is 11.1 Å². The minimum atomic E-state index is 0.504. The summed E-state index contributed by atoms with van der Waals surface area (Å²) in [5.74, 6) is 0.504. The summed E-state index contributed by atoms with van der Waals surface area (Å²) in [6.07, 6.45) is 3.84. The van der Waals surface area contributed by atoms with Crippen LogP contribution in [-0.4, -0.2) is 17.5 Å². The number of nitrogen functional groups attached to an aromatic ring is 1. The first-order valence-corrected chi connectivity index (χ1v) is 9.09. The lowest BCUT2D eigenvalue weighted by Gasteiger charge is -2.03. The van der Waals surface area contributed by atoms with Gasteiger partial charge in [0.15, 0.2) is 0 Å². The molecule has 0 atom stereocenters. The number of thioether (sulfide) groups is 1. The first-order chi connectivity index (χ1) is 11.2. The minimum absolute atomic E-state index is 0.504. The second-order valence-corrected chi connectivity index (χ2v) is 6.54. The number of hydrazone groups is 1. The molecule has 1 aromatic heterocycles. The molecule has 4 nitrogen and oxygen atoms in total. The fourth-order valence-corrected chi connectivity index (χ4v) is 3.00. The third kappa shape index (κ3) is 4.12. The van der Waals surface area contributed by atoms with Gasteiger partial charge in [0.25, 0.3) is 0 Å². The van der Waals surface area contributed by atoms with Crippen molar-refractivity contribution in [2.24, 2.45) is 5.10 Å². The van der Waals surface area contributed by atoms with E-state index < -0.39 is 0 Å². The number of aromatic nitrogens is 1. The maximum atomic E-state index is 5.56. The van der Waals surface area contributed by atoms with Crippen LogP contribution in [0.15, 0.2) is 63.9 Å². The molecule has 116 valence electrons. The molecule has 0 aliphatic carbocycles. The van der Waals surface area contributed by atoms with Gasteiger partial charge in [0.1, 0.15) is 5.82 Å². The Hall–Kier alpha value is -2.31. The molecule has 23 heavy (non-hydrogen) atoms. The van der Waals surface area contributed by atoms with E-state index in [1.165, 1.54) is 27.4 Å². The lowest BCUT2D eigenvalue weighted by Crippen LogP contribution is -1.91. The summed E-state index contributed by atoms with van der Waals surface area (Å²) >= 11 is 3.17. The summed E-state index contributed by atoms with van der Waals surface area (Å²) in [5.41, 5.74) is 11.8. The van der Waals surface area contributed by atoms with Gasteiger partial charge in [-0.1, -0.05) is 36.4 Å². The number of hydrogen-bond donors (Lipinski definition) is 2. The van der Waals surface area contributed by atoms with E-state index in [1.807, 2.05) is 12.1 Å². The van der Waals surface area contributed by atoms with Crippen molar-refractivity contribution in [2.75, 3.05) is 17.4 Å². The maximum absolute atomic E-state index is 5.56. The summed E-state index contributed by atoms with van der Waals surface area (Å²) in [7, 11) is 0. The highest BCUT2D eigenvalue weighted by Crippen LogP contribution is 2.23. The zero-order valence-electron chi connectivity index (χ0n) is 12.6. The molecule has 0 spiro atoms. The first-order valence-electron chi connectivity index (χ1n) is 6.99. The Balaban J connectivity index is 1.66. The fourth-order valence-electron chi connectivity index (χ4n) is 2.04. The number of hydrogen-bond acceptors (Lipinski definition) is 6. The highest BCUT2D eigenvalue weighted by Gasteiger charge is 1.99. The standard InChI is InChI=1S/C17H16N4S2/c1-22-15-8-6-14(7-9-15)13-4-2-12(3-5-13)10-19-21-17-20-16(18)11-23-17/h2-11H,18H2,1H3,(H,20,21). The first kappa shape index (κ1) is 15.6. The smallest absolute Gasteiger partial charge is 0.205 e. The van der Waals surface area contributed by atoms with E-state index in [0.29, 0.717) is 10.9 Å². The SMILES string of the molecule is CSc1ccc(-c2ccc(C=NNc3nc(N)cs3)cc2)cc1. The average Bonchev–Trinajstić information content (AvgIpc) is 3.01. The average molecular weight is 340 g/mol. The van der Waals surface area contributed by atoms with Crippen molar-refractivity contribution in [3.05, 3.63) is 59.5 Å². The Morgan fingerprint density at radius 3 is 2.30 bits per heavy atom. The largest absolute Gasteiger partial charge is 0.383 e. The summed E-state index contributed by atoms with van der Waals surface area (Å²) in [5, 5.41) is 6.62. The predicted molar refractivity (Wildman–Crippen MR) is 101 cm³/mol. The fraction of sp³-hybridized carbons (Fsp3) is 0.0588. The highest BCUT2D eigenvalue weighted by atomic mass is 32.2. The maximum Gasteiger partial charge on any atom is 0.205 e. The number of nitrogens with zero attached hydrogens (tertiary/aromatic N) is 2. The van der Waals surface area contributed by atoms with Crippen molar-refractivity contribution in [1.29, 1.82) is 0 Å². The summed E-state index contributed by atoms with van der Waals surface area (Å²) in [6.45, 7) is 0. The Labute approximate surface area is 143 Å². The number of nitrogens with one attached hydrogen (secondary N) is 1. The molecule has 0 radical (unpaired) electrons. The number of benzene rings is 2.